The van der Waals surface area contributed by atoms with Crippen molar-refractivity contribution in [2.24, 2.45) is 0 Å². The van der Waals surface area contributed by atoms with Crippen LogP contribution in [0.3, 0.4) is 0 Å². The summed E-state index contributed by atoms with van der Waals surface area (Å²) >= 11 is 0. The summed E-state index contributed by atoms with van der Waals surface area (Å²) in [5, 5.41) is 1.99. The molecule has 2 aromatic carbocycles. The van der Waals surface area contributed by atoms with Gasteiger partial charge in [0.25, 0.3) is 5.91 Å². The fraction of sp³-hybridized carbons (Fsp3) is 0.400. The maximum Gasteiger partial charge on any atom is 0.258 e. The molecule has 32 heavy (non-hydrogen) atoms. The molecule has 166 valence electrons. The summed E-state index contributed by atoms with van der Waals surface area (Å²) in [6.07, 6.45) is 4.25. The van der Waals surface area contributed by atoms with E-state index in [1.807, 2.05) is 60.5 Å². The quantitative estimate of drug-likeness (QED) is 0.615. The monoisotopic (exact) mass is 431 g/mol. The third kappa shape index (κ3) is 3.95. The van der Waals surface area contributed by atoms with Crippen LogP contribution < -0.4 is 14.5 Å². The number of anilines is 2. The maximum absolute atomic E-state index is 13.6. The predicted molar refractivity (Wildman–Crippen MR) is 127 cm³/mol. The van der Waals surface area contributed by atoms with E-state index < -0.39 is 0 Å². The van der Waals surface area contributed by atoms with E-state index in [1.54, 1.807) is 0 Å². The first-order valence-corrected chi connectivity index (χ1v) is 11.5. The smallest absolute Gasteiger partial charge is 0.258 e. The molecule has 3 aromatic rings. The van der Waals surface area contributed by atoms with Gasteiger partial charge in [-0.3, -0.25) is 4.79 Å². The topological polar surface area (TPSA) is 61.8 Å². The molecule has 2 saturated heterocycles. The first-order valence-electron chi connectivity index (χ1n) is 11.5. The van der Waals surface area contributed by atoms with Gasteiger partial charge in [-0.15, -0.1) is 0 Å². The van der Waals surface area contributed by atoms with Crippen LogP contribution in [0.15, 0.2) is 48.7 Å². The van der Waals surface area contributed by atoms with Gasteiger partial charge in [-0.2, -0.15) is 4.98 Å². The molecule has 1 amide bonds. The molecule has 0 spiro atoms. The second-order valence-electron chi connectivity index (χ2n) is 8.28. The van der Waals surface area contributed by atoms with E-state index in [9.17, 15) is 4.79 Å². The van der Waals surface area contributed by atoms with E-state index >= 15 is 0 Å². The zero-order valence-corrected chi connectivity index (χ0v) is 18.5. The molecule has 5 rings (SSSR count). The van der Waals surface area contributed by atoms with Crippen molar-refractivity contribution < 1.29 is 9.53 Å². The number of rotatable bonds is 5. The van der Waals surface area contributed by atoms with E-state index in [2.05, 4.69) is 14.8 Å². The molecule has 0 bridgehead atoms. The molecule has 0 saturated carbocycles. The Bertz CT molecular complexity index is 1100. The van der Waals surface area contributed by atoms with E-state index in [-0.39, 0.29) is 5.91 Å². The van der Waals surface area contributed by atoms with Crippen molar-refractivity contribution in [3.05, 3.63) is 54.2 Å². The molecular formula is C25H29N5O2. The van der Waals surface area contributed by atoms with Gasteiger partial charge in [0.2, 0.25) is 5.95 Å². The minimum atomic E-state index is 0.0327. The van der Waals surface area contributed by atoms with Crippen molar-refractivity contribution in [3.63, 3.8) is 0 Å². The molecule has 0 atom stereocenters. The third-order valence-electron chi connectivity index (χ3n) is 6.31. The van der Waals surface area contributed by atoms with Gasteiger partial charge < -0.3 is 19.4 Å². The van der Waals surface area contributed by atoms with Gasteiger partial charge in [0, 0.05) is 45.5 Å². The molecule has 7 nitrogen and oxygen atoms in total. The van der Waals surface area contributed by atoms with Crippen molar-refractivity contribution >= 4 is 28.4 Å². The normalized spacial score (nSPS) is 16.6. The first-order chi connectivity index (χ1) is 15.7. The number of hydrogen-bond acceptors (Lipinski definition) is 6. The number of fused-ring (bicyclic) bond motifs is 1. The average molecular weight is 432 g/mol. The summed E-state index contributed by atoms with van der Waals surface area (Å²) in [5.41, 5.74) is 0.664. The molecule has 7 heteroatoms. The van der Waals surface area contributed by atoms with Crippen LogP contribution in [0.5, 0.6) is 5.75 Å². The van der Waals surface area contributed by atoms with Crippen LogP contribution in [0.1, 0.15) is 30.1 Å². The van der Waals surface area contributed by atoms with Crippen molar-refractivity contribution in [2.75, 3.05) is 55.7 Å². The Kier molecular flexibility index (Phi) is 5.79. The third-order valence-corrected chi connectivity index (χ3v) is 6.31. The highest BCUT2D eigenvalue weighted by molar-refractivity contribution is 6.09. The number of amides is 1. The Hall–Kier alpha value is -3.35. The molecule has 2 aliphatic rings. The summed E-state index contributed by atoms with van der Waals surface area (Å²) < 4.78 is 5.83. The molecule has 2 fully saturated rings. The number of nitrogens with zero attached hydrogens (tertiary/aromatic N) is 5. The minimum absolute atomic E-state index is 0.0327. The average Bonchev–Trinajstić information content (AvgIpc) is 3.39. The Morgan fingerprint density at radius 2 is 1.72 bits per heavy atom. The predicted octanol–water partition coefficient (Wildman–Crippen LogP) is 3.59. The molecule has 1 aromatic heterocycles. The molecule has 3 heterocycles. The lowest BCUT2D eigenvalue weighted by molar-refractivity contribution is 0.0744. The molecule has 0 aliphatic carbocycles. The standard InChI is InChI=1S/C25H29N5O2/c1-2-32-21-10-9-19-7-3-4-8-20(19)23(21)24(31)29-17-15-28(16-18-29)22-11-12-26-25(27-22)30-13-5-6-14-30/h3-4,7-12H,2,5-6,13-18H2,1H3. The maximum atomic E-state index is 13.6. The number of carbonyl (C=O) groups is 1. The molecule has 0 N–H and O–H groups in total. The zero-order valence-electron chi connectivity index (χ0n) is 18.5. The number of benzene rings is 2. The van der Waals surface area contributed by atoms with Crippen molar-refractivity contribution in [2.45, 2.75) is 19.8 Å². The summed E-state index contributed by atoms with van der Waals surface area (Å²) in [7, 11) is 0. The van der Waals surface area contributed by atoms with Gasteiger partial charge in [-0.05, 0) is 42.7 Å². The van der Waals surface area contributed by atoms with Crippen LogP contribution in [0.4, 0.5) is 11.8 Å². The van der Waals surface area contributed by atoms with E-state index in [1.165, 1.54) is 12.8 Å². The van der Waals surface area contributed by atoms with Crippen molar-refractivity contribution in [3.8, 4) is 5.75 Å². The number of ether oxygens (including phenoxy) is 1. The lowest BCUT2D eigenvalue weighted by atomic mass is 10.0. The second-order valence-corrected chi connectivity index (χ2v) is 8.28. The summed E-state index contributed by atoms with van der Waals surface area (Å²) in [6.45, 7) is 7.32. The van der Waals surface area contributed by atoms with Crippen LogP contribution in [-0.4, -0.2) is 66.7 Å². The van der Waals surface area contributed by atoms with Crippen LogP contribution >= 0.6 is 0 Å². The van der Waals surface area contributed by atoms with Gasteiger partial charge >= 0.3 is 0 Å². The van der Waals surface area contributed by atoms with Crippen LogP contribution in [0.2, 0.25) is 0 Å². The van der Waals surface area contributed by atoms with Gasteiger partial charge in [-0.1, -0.05) is 30.3 Å². The number of carbonyl (C=O) groups excluding carboxylic acids is 1. The summed E-state index contributed by atoms with van der Waals surface area (Å²) in [6, 6.07) is 13.9. The Morgan fingerprint density at radius 3 is 2.50 bits per heavy atom. The van der Waals surface area contributed by atoms with Crippen molar-refractivity contribution in [1.82, 2.24) is 14.9 Å². The fourth-order valence-electron chi connectivity index (χ4n) is 4.63. The first kappa shape index (κ1) is 20.5. The molecule has 2 aliphatic heterocycles. The van der Waals surface area contributed by atoms with E-state index in [4.69, 9.17) is 9.72 Å². The zero-order chi connectivity index (χ0) is 21.9. The Labute approximate surface area is 188 Å². The lowest BCUT2D eigenvalue weighted by Crippen LogP contribution is -2.49. The Balaban J connectivity index is 1.33. The molecule has 0 unspecified atom stereocenters. The lowest BCUT2D eigenvalue weighted by Gasteiger charge is -2.36. The number of hydrogen-bond donors (Lipinski definition) is 0. The Morgan fingerprint density at radius 1 is 0.938 bits per heavy atom. The van der Waals surface area contributed by atoms with Gasteiger partial charge in [0.05, 0.1) is 12.2 Å². The highest BCUT2D eigenvalue weighted by Gasteiger charge is 2.27. The fourth-order valence-corrected chi connectivity index (χ4v) is 4.63. The highest BCUT2D eigenvalue weighted by atomic mass is 16.5. The van der Waals surface area contributed by atoms with E-state index in [0.717, 1.165) is 48.7 Å². The van der Waals surface area contributed by atoms with Crippen LogP contribution in [0.25, 0.3) is 10.8 Å². The van der Waals surface area contributed by atoms with E-state index in [0.29, 0.717) is 31.0 Å². The van der Waals surface area contributed by atoms with Gasteiger partial charge in [-0.25, -0.2) is 4.98 Å². The molecule has 0 radical (unpaired) electrons. The summed E-state index contributed by atoms with van der Waals surface area (Å²) in [5.74, 6) is 2.44. The van der Waals surface area contributed by atoms with Gasteiger partial charge in [0.15, 0.2) is 0 Å². The minimum Gasteiger partial charge on any atom is -0.493 e. The number of piperazine rings is 1. The van der Waals surface area contributed by atoms with Gasteiger partial charge in [0.1, 0.15) is 11.6 Å². The molecular weight excluding hydrogens is 402 g/mol. The van der Waals surface area contributed by atoms with Crippen LogP contribution in [0, 0.1) is 0 Å². The summed E-state index contributed by atoms with van der Waals surface area (Å²) in [4.78, 5) is 29.3. The second kappa shape index (κ2) is 9.02. The SMILES string of the molecule is CCOc1ccc2ccccc2c1C(=O)N1CCN(c2ccnc(N3CCCC3)n2)CC1. The van der Waals surface area contributed by atoms with Crippen LogP contribution in [-0.2, 0) is 0 Å². The highest BCUT2D eigenvalue weighted by Crippen LogP contribution is 2.30. The largest absolute Gasteiger partial charge is 0.493 e. The van der Waals surface area contributed by atoms with Crippen molar-refractivity contribution in [1.29, 1.82) is 0 Å². The number of aromatic nitrogens is 2.